The van der Waals surface area contributed by atoms with Crippen molar-refractivity contribution in [2.75, 3.05) is 0 Å². The van der Waals surface area contributed by atoms with E-state index in [9.17, 15) is 0 Å². The molecule has 6 heteroatoms. The van der Waals surface area contributed by atoms with Gasteiger partial charge < -0.3 is 0 Å². The van der Waals surface area contributed by atoms with Gasteiger partial charge in [0, 0.05) is 38.2 Å². The van der Waals surface area contributed by atoms with E-state index in [0.717, 1.165) is 66.6 Å². The van der Waals surface area contributed by atoms with Crippen molar-refractivity contribution in [1.29, 1.82) is 0 Å². The lowest BCUT2D eigenvalue weighted by Gasteiger charge is -2.10. The number of aromatic nitrogens is 6. The summed E-state index contributed by atoms with van der Waals surface area (Å²) in [5.74, 6) is 2.77. The number of benzene rings is 9. The maximum Gasteiger partial charge on any atom is 0.220 e. The molecule has 0 spiro atoms. The van der Waals surface area contributed by atoms with Gasteiger partial charge in [-0.25, -0.2) is 19.9 Å². The van der Waals surface area contributed by atoms with Crippen molar-refractivity contribution >= 4 is 65.7 Å². The van der Waals surface area contributed by atoms with E-state index in [0.29, 0.717) is 17.5 Å². The average molecular weight is 791 g/mol. The maximum absolute atomic E-state index is 5.41. The number of hydrogen-bond donors (Lipinski definition) is 0. The predicted molar refractivity (Wildman–Crippen MR) is 254 cm³/mol. The molecule has 0 bridgehead atoms. The van der Waals surface area contributed by atoms with Crippen LogP contribution < -0.4 is 0 Å². The zero-order valence-electron chi connectivity index (χ0n) is 33.3. The second kappa shape index (κ2) is 13.5. The van der Waals surface area contributed by atoms with Gasteiger partial charge in [0.1, 0.15) is 0 Å². The van der Waals surface area contributed by atoms with Gasteiger partial charge in [-0.05, 0) is 69.4 Å². The summed E-state index contributed by atoms with van der Waals surface area (Å²) in [5.41, 5.74) is 12.7. The summed E-state index contributed by atoms with van der Waals surface area (Å²) in [5, 5.41) is 7.20. The van der Waals surface area contributed by atoms with Crippen molar-refractivity contribution < 1.29 is 0 Å². The highest BCUT2D eigenvalue weighted by Crippen LogP contribution is 2.41. The van der Waals surface area contributed by atoms with E-state index in [1.54, 1.807) is 0 Å². The van der Waals surface area contributed by atoms with Crippen molar-refractivity contribution in [3.8, 4) is 56.4 Å². The first-order valence-electron chi connectivity index (χ1n) is 20.9. The fourth-order valence-corrected chi connectivity index (χ4v) is 9.44. The number of rotatable bonds is 5. The average Bonchev–Trinajstić information content (AvgIpc) is 3.86. The summed E-state index contributed by atoms with van der Waals surface area (Å²) in [6.45, 7) is 0. The third-order valence-electron chi connectivity index (χ3n) is 12.3. The molecule has 0 amide bonds. The van der Waals surface area contributed by atoms with Crippen LogP contribution in [-0.4, -0.2) is 28.7 Å². The van der Waals surface area contributed by atoms with E-state index in [1.165, 1.54) is 38.1 Å². The van der Waals surface area contributed by atoms with Gasteiger partial charge in [0.05, 0.1) is 27.6 Å². The van der Waals surface area contributed by atoms with E-state index in [-0.39, 0.29) is 0 Å². The van der Waals surface area contributed by atoms with Crippen molar-refractivity contribution in [1.82, 2.24) is 28.7 Å². The fraction of sp³-hybridized carbons (Fsp3) is 0. The topological polar surface area (TPSA) is 60.4 Å². The van der Waals surface area contributed by atoms with E-state index in [2.05, 4.69) is 154 Å². The van der Waals surface area contributed by atoms with Crippen LogP contribution in [0.4, 0.5) is 0 Å². The third-order valence-corrected chi connectivity index (χ3v) is 12.3. The molecule has 0 unspecified atom stereocenters. The van der Waals surface area contributed by atoms with E-state index < -0.39 is 0 Å². The third kappa shape index (κ3) is 5.30. The monoisotopic (exact) mass is 790 g/mol. The molecule has 62 heavy (non-hydrogen) atoms. The highest BCUT2D eigenvalue weighted by molar-refractivity contribution is 6.21. The molecule has 0 atom stereocenters. The molecule has 0 aliphatic carbocycles. The van der Waals surface area contributed by atoms with Gasteiger partial charge >= 0.3 is 0 Å². The Kier molecular flexibility index (Phi) is 7.50. The minimum atomic E-state index is 0.624. The minimum Gasteiger partial charge on any atom is -0.278 e. The summed E-state index contributed by atoms with van der Waals surface area (Å²) in [6.07, 6.45) is 0. The van der Waals surface area contributed by atoms with Gasteiger partial charge in [-0.1, -0.05) is 170 Å². The number of nitrogens with zero attached hydrogens (tertiary/aromatic N) is 6. The molecule has 9 aromatic carbocycles. The van der Waals surface area contributed by atoms with Gasteiger partial charge in [0.25, 0.3) is 0 Å². The quantitative estimate of drug-likeness (QED) is 0.174. The lowest BCUT2D eigenvalue weighted by atomic mass is 9.97. The lowest BCUT2D eigenvalue weighted by molar-refractivity contribution is 1.07. The van der Waals surface area contributed by atoms with Crippen LogP contribution in [0.15, 0.2) is 206 Å². The van der Waals surface area contributed by atoms with Gasteiger partial charge in [0.15, 0.2) is 17.5 Å². The molecule has 0 aliphatic rings. The van der Waals surface area contributed by atoms with Crippen LogP contribution in [-0.2, 0) is 0 Å². The van der Waals surface area contributed by atoms with Gasteiger partial charge in [-0.3, -0.25) is 8.80 Å². The maximum atomic E-state index is 5.41. The normalized spacial score (nSPS) is 11.9. The first kappa shape index (κ1) is 34.4. The highest BCUT2D eigenvalue weighted by Gasteiger charge is 2.20. The molecule has 288 valence electrons. The zero-order valence-corrected chi connectivity index (χ0v) is 33.3. The summed E-state index contributed by atoms with van der Waals surface area (Å²) < 4.78 is 4.72. The molecule has 0 saturated heterocycles. The Balaban J connectivity index is 1.04. The Hall–Kier alpha value is -8.48. The van der Waals surface area contributed by atoms with Crippen molar-refractivity contribution in [3.63, 3.8) is 0 Å². The van der Waals surface area contributed by atoms with Crippen LogP contribution in [0, 0.1) is 0 Å². The van der Waals surface area contributed by atoms with Crippen LogP contribution in [0.25, 0.3) is 122 Å². The number of imidazole rings is 1. The molecule has 0 N–H and O–H groups in total. The Labute approximate surface area is 355 Å². The van der Waals surface area contributed by atoms with E-state index >= 15 is 0 Å². The van der Waals surface area contributed by atoms with Crippen molar-refractivity contribution in [3.05, 3.63) is 206 Å². The molecule has 0 fully saturated rings. The van der Waals surface area contributed by atoms with Crippen LogP contribution >= 0.6 is 0 Å². The Morgan fingerprint density at radius 3 is 1.68 bits per heavy atom. The summed E-state index contributed by atoms with van der Waals surface area (Å²) >= 11 is 0. The Morgan fingerprint density at radius 1 is 0.290 bits per heavy atom. The molecule has 0 aliphatic heterocycles. The number of fused-ring (bicyclic) bond motifs is 11. The number of hydrogen-bond acceptors (Lipinski definition) is 4. The van der Waals surface area contributed by atoms with E-state index in [1.807, 2.05) is 60.7 Å². The van der Waals surface area contributed by atoms with Crippen LogP contribution in [0.2, 0.25) is 0 Å². The molecule has 4 aromatic heterocycles. The Morgan fingerprint density at radius 2 is 0.871 bits per heavy atom. The molecule has 13 aromatic rings. The summed E-state index contributed by atoms with van der Waals surface area (Å²) in [4.78, 5) is 20.4. The predicted octanol–water partition coefficient (Wildman–Crippen LogP) is 13.9. The first-order valence-corrected chi connectivity index (χ1v) is 20.9. The van der Waals surface area contributed by atoms with Gasteiger partial charge in [-0.15, -0.1) is 0 Å². The lowest BCUT2D eigenvalue weighted by Crippen LogP contribution is -2.00. The highest BCUT2D eigenvalue weighted by atomic mass is 15.1. The van der Waals surface area contributed by atoms with Crippen molar-refractivity contribution in [2.24, 2.45) is 0 Å². The molecule has 0 radical (unpaired) electrons. The van der Waals surface area contributed by atoms with Crippen LogP contribution in [0.1, 0.15) is 0 Å². The smallest absolute Gasteiger partial charge is 0.220 e. The van der Waals surface area contributed by atoms with Gasteiger partial charge in [0.2, 0.25) is 5.78 Å². The zero-order chi connectivity index (χ0) is 40.7. The Bertz CT molecular complexity index is 3860. The summed E-state index contributed by atoms with van der Waals surface area (Å²) in [6, 6.07) is 72.9. The second-order valence-corrected chi connectivity index (χ2v) is 15.9. The van der Waals surface area contributed by atoms with Crippen molar-refractivity contribution in [2.45, 2.75) is 0 Å². The van der Waals surface area contributed by atoms with E-state index in [4.69, 9.17) is 19.9 Å². The summed E-state index contributed by atoms with van der Waals surface area (Å²) in [7, 11) is 0. The molecule has 6 nitrogen and oxygen atoms in total. The molecular formula is C56H34N6. The fourth-order valence-electron chi connectivity index (χ4n) is 9.44. The first-order chi connectivity index (χ1) is 30.7. The van der Waals surface area contributed by atoms with Gasteiger partial charge in [-0.2, -0.15) is 0 Å². The molecule has 13 rings (SSSR count). The number of para-hydroxylation sites is 3. The standard InChI is InChI=1S/C56H34N6/c1-3-15-36(16-4-1)53-58-54(37-17-5-2-6-18-37)60-55(59-53)41-21-11-20-38(32-41)39-28-30-44-45-24-13-25-46-47-33-40(43-23-12-19-35-14-7-8-22-42(35)43)29-31-49(47)62(52(45)46)56-57-48-26-9-10-27-50(48)61(56)51(44)34-39/h1-34H. The van der Waals surface area contributed by atoms with Crippen LogP contribution in [0.5, 0.6) is 0 Å². The second-order valence-electron chi connectivity index (χ2n) is 15.9. The molecular weight excluding hydrogens is 757 g/mol. The van der Waals surface area contributed by atoms with Crippen LogP contribution in [0.3, 0.4) is 0 Å². The minimum absolute atomic E-state index is 0.624. The largest absolute Gasteiger partial charge is 0.278 e. The SMILES string of the molecule is c1ccc(-c2nc(-c3ccccc3)nc(-c3cccc(-c4ccc5c6cccc7c8cc(-c9cccc%10ccccc9%10)ccc8n(c67)c6nc7ccccc7n6c5c4)c3)n2)cc1. The molecule has 0 saturated carbocycles. The molecule has 4 heterocycles.